The minimum atomic E-state index is -0.957. The van der Waals surface area contributed by atoms with Gasteiger partial charge in [0.1, 0.15) is 36.5 Å². The number of nitrogens with zero attached hydrogens (tertiary/aromatic N) is 1. The van der Waals surface area contributed by atoms with Crippen molar-refractivity contribution in [1.29, 1.82) is 0 Å². The predicted octanol–water partition coefficient (Wildman–Crippen LogP) is 3.41. The summed E-state index contributed by atoms with van der Waals surface area (Å²) in [5.74, 6) is 0.862. The van der Waals surface area contributed by atoms with Crippen LogP contribution in [0.1, 0.15) is 29.7 Å². The fourth-order valence-corrected chi connectivity index (χ4v) is 4.07. The van der Waals surface area contributed by atoms with E-state index in [2.05, 4.69) is 5.32 Å². The normalized spacial score (nSPS) is 15.2. The first-order valence-electron chi connectivity index (χ1n) is 12.1. The summed E-state index contributed by atoms with van der Waals surface area (Å²) in [5, 5.41) is 2.60. The van der Waals surface area contributed by atoms with Crippen molar-refractivity contribution in [1.82, 2.24) is 10.2 Å². The fourth-order valence-electron chi connectivity index (χ4n) is 4.07. The molecule has 1 heterocycles. The van der Waals surface area contributed by atoms with Gasteiger partial charge < -0.3 is 29.2 Å². The summed E-state index contributed by atoms with van der Waals surface area (Å²) in [4.78, 5) is 38.8. The zero-order valence-electron chi connectivity index (χ0n) is 21.5. The first-order chi connectivity index (χ1) is 18.4. The maximum atomic E-state index is 13.2. The molecule has 9 heteroatoms. The molecule has 0 saturated carbocycles. The summed E-state index contributed by atoms with van der Waals surface area (Å²) in [6, 6.07) is 20.1. The Morgan fingerprint density at radius 3 is 1.87 bits per heavy atom. The van der Waals surface area contributed by atoms with Crippen molar-refractivity contribution >= 4 is 17.8 Å². The largest absolute Gasteiger partial charge is 0.497 e. The SMILES string of the molecule is COc1ccc(COC(=O)C(c2ccc(OCc3ccc(OC)cc3)cc2)N2CC(NC(C)=O)C2=O)cc1. The molecule has 0 radical (unpaired) electrons. The average molecular weight is 519 g/mol. The quantitative estimate of drug-likeness (QED) is 0.307. The third kappa shape index (κ3) is 6.42. The van der Waals surface area contributed by atoms with E-state index in [0.29, 0.717) is 23.7 Å². The van der Waals surface area contributed by atoms with Gasteiger partial charge in [0.25, 0.3) is 0 Å². The Morgan fingerprint density at radius 2 is 1.37 bits per heavy atom. The van der Waals surface area contributed by atoms with Crippen LogP contribution in [0.5, 0.6) is 17.2 Å². The molecule has 9 nitrogen and oxygen atoms in total. The molecular weight excluding hydrogens is 488 g/mol. The van der Waals surface area contributed by atoms with Crippen molar-refractivity contribution in [3.63, 3.8) is 0 Å². The molecule has 1 fully saturated rings. The molecule has 0 aromatic heterocycles. The first-order valence-corrected chi connectivity index (χ1v) is 12.1. The fraction of sp³-hybridized carbons (Fsp3) is 0.276. The smallest absolute Gasteiger partial charge is 0.333 e. The Morgan fingerprint density at radius 1 is 0.842 bits per heavy atom. The molecule has 0 aliphatic carbocycles. The zero-order valence-corrected chi connectivity index (χ0v) is 21.5. The highest BCUT2D eigenvalue weighted by Gasteiger charge is 2.45. The van der Waals surface area contributed by atoms with Gasteiger partial charge in [0.05, 0.1) is 20.8 Å². The van der Waals surface area contributed by atoms with Crippen LogP contribution in [0.3, 0.4) is 0 Å². The van der Waals surface area contributed by atoms with Gasteiger partial charge in [0, 0.05) is 6.92 Å². The molecule has 1 saturated heterocycles. The van der Waals surface area contributed by atoms with Gasteiger partial charge in [-0.1, -0.05) is 36.4 Å². The number of methoxy groups -OCH3 is 2. The standard InChI is InChI=1S/C29H30N2O7/c1-19(32)30-26-16-31(28(26)33)27(29(34)38-18-21-6-12-24(36-3)13-7-21)22-8-14-25(15-9-22)37-17-20-4-10-23(35-2)11-5-20/h4-15,26-27H,16-18H2,1-3H3,(H,30,32). The monoisotopic (exact) mass is 518 g/mol. The summed E-state index contributed by atoms with van der Waals surface area (Å²) < 4.78 is 21.8. The number of carbonyl (C=O) groups excluding carboxylic acids is 3. The number of hydrogen-bond acceptors (Lipinski definition) is 7. The van der Waals surface area contributed by atoms with Crippen LogP contribution in [0.2, 0.25) is 0 Å². The molecule has 3 aromatic carbocycles. The Hall–Kier alpha value is -4.53. The van der Waals surface area contributed by atoms with Crippen LogP contribution >= 0.6 is 0 Å². The molecule has 3 aromatic rings. The zero-order chi connectivity index (χ0) is 27.1. The van der Waals surface area contributed by atoms with E-state index in [1.165, 1.54) is 11.8 Å². The lowest BCUT2D eigenvalue weighted by Crippen LogP contribution is -2.65. The van der Waals surface area contributed by atoms with E-state index < -0.39 is 18.1 Å². The van der Waals surface area contributed by atoms with Gasteiger partial charge in [-0.3, -0.25) is 9.59 Å². The van der Waals surface area contributed by atoms with Gasteiger partial charge >= 0.3 is 5.97 Å². The third-order valence-corrected chi connectivity index (χ3v) is 6.17. The molecule has 2 atom stereocenters. The molecule has 2 unspecified atom stereocenters. The lowest BCUT2D eigenvalue weighted by atomic mass is 9.98. The van der Waals surface area contributed by atoms with Crippen molar-refractivity contribution in [2.45, 2.75) is 32.2 Å². The van der Waals surface area contributed by atoms with Crippen molar-refractivity contribution < 1.29 is 33.3 Å². The van der Waals surface area contributed by atoms with Crippen LogP contribution in [-0.2, 0) is 32.3 Å². The molecule has 1 aliphatic rings. The number of carbonyl (C=O) groups is 3. The van der Waals surface area contributed by atoms with Gasteiger partial charge in [-0.2, -0.15) is 0 Å². The van der Waals surface area contributed by atoms with Gasteiger partial charge in [-0.25, -0.2) is 4.79 Å². The third-order valence-electron chi connectivity index (χ3n) is 6.17. The summed E-state index contributed by atoms with van der Waals surface area (Å²) in [5.41, 5.74) is 2.34. The van der Waals surface area contributed by atoms with Crippen LogP contribution in [-0.4, -0.2) is 49.5 Å². The summed E-state index contributed by atoms with van der Waals surface area (Å²) in [7, 11) is 3.19. The number of ether oxygens (including phenoxy) is 4. The van der Waals surface area contributed by atoms with E-state index in [1.807, 2.05) is 24.3 Å². The predicted molar refractivity (Wildman–Crippen MR) is 139 cm³/mol. The minimum Gasteiger partial charge on any atom is -0.497 e. The highest BCUT2D eigenvalue weighted by molar-refractivity contribution is 5.95. The lowest BCUT2D eigenvalue weighted by molar-refractivity contribution is -0.164. The molecule has 2 amide bonds. The number of amides is 2. The lowest BCUT2D eigenvalue weighted by Gasteiger charge is -2.42. The maximum absolute atomic E-state index is 13.2. The van der Waals surface area contributed by atoms with E-state index >= 15 is 0 Å². The number of nitrogens with one attached hydrogen (secondary N) is 1. The molecular formula is C29H30N2O7. The number of likely N-dealkylation sites (tertiary alicyclic amines) is 1. The van der Waals surface area contributed by atoms with Crippen molar-refractivity contribution in [3.8, 4) is 17.2 Å². The van der Waals surface area contributed by atoms with Crippen molar-refractivity contribution in [2.75, 3.05) is 20.8 Å². The van der Waals surface area contributed by atoms with Crippen LogP contribution < -0.4 is 19.5 Å². The Balaban J connectivity index is 1.45. The molecule has 0 spiro atoms. The highest BCUT2D eigenvalue weighted by atomic mass is 16.5. The minimum absolute atomic E-state index is 0.0412. The molecule has 198 valence electrons. The average Bonchev–Trinajstić information content (AvgIpc) is 2.95. The number of esters is 1. The van der Waals surface area contributed by atoms with Crippen LogP contribution in [0.4, 0.5) is 0 Å². The van der Waals surface area contributed by atoms with Gasteiger partial charge in [0.2, 0.25) is 11.8 Å². The van der Waals surface area contributed by atoms with E-state index in [1.54, 1.807) is 62.8 Å². The Labute approximate surface area is 221 Å². The van der Waals surface area contributed by atoms with Crippen molar-refractivity contribution in [2.24, 2.45) is 0 Å². The number of β-lactam (4-membered cyclic amide) rings is 1. The molecule has 4 rings (SSSR count). The maximum Gasteiger partial charge on any atom is 0.333 e. The topological polar surface area (TPSA) is 103 Å². The molecule has 0 bridgehead atoms. The second-order valence-electron chi connectivity index (χ2n) is 8.81. The van der Waals surface area contributed by atoms with Crippen LogP contribution in [0.15, 0.2) is 72.8 Å². The van der Waals surface area contributed by atoms with Gasteiger partial charge in [-0.05, 0) is 53.1 Å². The number of rotatable bonds is 11. The summed E-state index contributed by atoms with van der Waals surface area (Å²) in [6.45, 7) is 1.96. The second kappa shape index (κ2) is 12.1. The van der Waals surface area contributed by atoms with E-state index in [9.17, 15) is 14.4 Å². The highest BCUT2D eigenvalue weighted by Crippen LogP contribution is 2.30. The van der Waals surface area contributed by atoms with Gasteiger partial charge in [0.15, 0.2) is 6.04 Å². The summed E-state index contributed by atoms with van der Waals surface area (Å²) >= 11 is 0. The second-order valence-corrected chi connectivity index (χ2v) is 8.81. The van der Waals surface area contributed by atoms with E-state index in [0.717, 1.165) is 16.9 Å². The van der Waals surface area contributed by atoms with Crippen molar-refractivity contribution in [3.05, 3.63) is 89.5 Å². The molecule has 38 heavy (non-hydrogen) atoms. The number of hydrogen-bond donors (Lipinski definition) is 1. The van der Waals surface area contributed by atoms with E-state index in [-0.39, 0.29) is 25.0 Å². The molecule has 1 aliphatic heterocycles. The first kappa shape index (κ1) is 26.5. The summed E-state index contributed by atoms with van der Waals surface area (Å²) in [6.07, 6.45) is 0. The molecule has 1 N–H and O–H groups in total. The van der Waals surface area contributed by atoms with Crippen LogP contribution in [0, 0.1) is 0 Å². The number of benzene rings is 3. The van der Waals surface area contributed by atoms with E-state index in [4.69, 9.17) is 18.9 Å². The van der Waals surface area contributed by atoms with Gasteiger partial charge in [-0.15, -0.1) is 0 Å². The Kier molecular flexibility index (Phi) is 8.47. The Bertz CT molecular complexity index is 1260. The van der Waals surface area contributed by atoms with Crippen LogP contribution in [0.25, 0.3) is 0 Å².